The fourth-order valence-corrected chi connectivity index (χ4v) is 6.89. The Balaban J connectivity index is 1.60. The monoisotopic (exact) mass is 627 g/mol. The van der Waals surface area contributed by atoms with Gasteiger partial charge in [-0.25, -0.2) is 0 Å². The second-order valence-electron chi connectivity index (χ2n) is 10.6. The van der Waals surface area contributed by atoms with Gasteiger partial charge in [-0.2, -0.15) is 22.1 Å². The van der Waals surface area contributed by atoms with E-state index in [1.165, 1.54) is 31.4 Å². The van der Waals surface area contributed by atoms with Gasteiger partial charge >= 0.3 is 0 Å². The summed E-state index contributed by atoms with van der Waals surface area (Å²) in [6, 6.07) is 16.8. The topological polar surface area (TPSA) is 129 Å². The van der Waals surface area contributed by atoms with E-state index in [0.717, 1.165) is 36.8 Å². The predicted octanol–water partition coefficient (Wildman–Crippen LogP) is 5.60. The van der Waals surface area contributed by atoms with Crippen LogP contribution in [0.1, 0.15) is 53.5 Å². The summed E-state index contributed by atoms with van der Waals surface area (Å²) in [5.41, 5.74) is 3.74. The van der Waals surface area contributed by atoms with Crippen LogP contribution in [-0.4, -0.2) is 43.3 Å². The van der Waals surface area contributed by atoms with Crippen LogP contribution in [-0.2, 0) is 47.9 Å². The lowest BCUT2D eigenvalue weighted by atomic mass is 9.95. The highest BCUT2D eigenvalue weighted by Gasteiger charge is 2.26. The van der Waals surface area contributed by atoms with Crippen LogP contribution in [0.5, 0.6) is 11.5 Å². The van der Waals surface area contributed by atoms with Crippen molar-refractivity contribution in [2.24, 2.45) is 0 Å². The van der Waals surface area contributed by atoms with E-state index < -0.39 is 20.2 Å². The number of benzene rings is 3. The van der Waals surface area contributed by atoms with Crippen molar-refractivity contribution >= 4 is 20.2 Å². The quantitative estimate of drug-likeness (QED) is 0.210. The van der Waals surface area contributed by atoms with Crippen molar-refractivity contribution in [3.05, 3.63) is 82.4 Å². The van der Waals surface area contributed by atoms with E-state index in [2.05, 4.69) is 6.07 Å². The summed E-state index contributed by atoms with van der Waals surface area (Å²) in [4.78, 5) is 0.128. The third kappa shape index (κ3) is 8.36. The Kier molecular flexibility index (Phi) is 10.8. The summed E-state index contributed by atoms with van der Waals surface area (Å²) in [6.45, 7) is 3.41. The van der Waals surface area contributed by atoms with Crippen molar-refractivity contribution in [2.75, 3.05) is 20.3 Å². The molecule has 0 spiro atoms. The van der Waals surface area contributed by atoms with Crippen molar-refractivity contribution in [1.82, 2.24) is 0 Å². The molecular formula is C32H37NO8S2. The number of rotatable bonds is 14. The maximum absolute atomic E-state index is 12.8. The number of ether oxygens (including phenoxy) is 2. The second-order valence-corrected chi connectivity index (χ2v) is 13.8. The molecule has 1 aliphatic carbocycles. The summed E-state index contributed by atoms with van der Waals surface area (Å²) in [5, 5.41) is 9.64. The minimum atomic E-state index is -3.99. The van der Waals surface area contributed by atoms with Crippen LogP contribution >= 0.6 is 0 Å². The number of aryl methyl sites for hydroxylation is 2. The Morgan fingerprint density at radius 3 is 1.77 bits per heavy atom. The van der Waals surface area contributed by atoms with Crippen molar-refractivity contribution in [2.45, 2.75) is 74.7 Å². The molecule has 0 unspecified atom stereocenters. The Hall–Kier alpha value is -3.43. The van der Waals surface area contributed by atoms with Gasteiger partial charge in [0.2, 0.25) is 0 Å². The van der Waals surface area contributed by atoms with Gasteiger partial charge in [-0.3, -0.25) is 8.37 Å². The van der Waals surface area contributed by atoms with Crippen LogP contribution in [0.2, 0.25) is 0 Å². The summed E-state index contributed by atoms with van der Waals surface area (Å²) in [5.74, 6) is 0.830. The lowest BCUT2D eigenvalue weighted by Gasteiger charge is -2.24. The molecule has 3 aromatic rings. The van der Waals surface area contributed by atoms with E-state index in [-0.39, 0.29) is 48.4 Å². The van der Waals surface area contributed by atoms with E-state index in [4.69, 9.17) is 17.8 Å². The zero-order valence-corrected chi connectivity index (χ0v) is 26.3. The molecule has 0 amide bonds. The van der Waals surface area contributed by atoms with E-state index in [1.54, 1.807) is 30.3 Å². The summed E-state index contributed by atoms with van der Waals surface area (Å²) < 4.78 is 74.1. The van der Waals surface area contributed by atoms with Gasteiger partial charge in [-0.1, -0.05) is 41.5 Å². The van der Waals surface area contributed by atoms with Crippen LogP contribution in [0.3, 0.4) is 0 Å². The molecule has 0 atom stereocenters. The smallest absolute Gasteiger partial charge is 0.296 e. The fraction of sp³-hybridized carbons (Fsp3) is 0.406. The molecule has 0 saturated heterocycles. The Morgan fingerprint density at radius 1 is 0.767 bits per heavy atom. The molecule has 1 saturated carbocycles. The van der Waals surface area contributed by atoms with Crippen LogP contribution < -0.4 is 9.47 Å². The largest absolute Gasteiger partial charge is 0.493 e. The summed E-state index contributed by atoms with van der Waals surface area (Å²) in [6.07, 6.45) is 4.05. The van der Waals surface area contributed by atoms with E-state index >= 15 is 0 Å². The molecule has 4 rings (SSSR count). The highest BCUT2D eigenvalue weighted by Crippen LogP contribution is 2.41. The minimum Gasteiger partial charge on any atom is -0.493 e. The first-order valence-corrected chi connectivity index (χ1v) is 17.0. The zero-order valence-electron chi connectivity index (χ0n) is 24.7. The normalized spacial score (nSPS) is 14.0. The lowest BCUT2D eigenvalue weighted by Crippen LogP contribution is -2.17. The third-order valence-corrected chi connectivity index (χ3v) is 10.0. The van der Waals surface area contributed by atoms with Crippen LogP contribution in [0, 0.1) is 25.2 Å². The molecule has 0 heterocycles. The average Bonchev–Trinajstić information content (AvgIpc) is 3.48. The van der Waals surface area contributed by atoms with Gasteiger partial charge in [0.25, 0.3) is 20.2 Å². The van der Waals surface area contributed by atoms with Crippen LogP contribution in [0.25, 0.3) is 0 Å². The van der Waals surface area contributed by atoms with Crippen LogP contribution in [0.15, 0.2) is 64.4 Å². The molecule has 1 aliphatic rings. The highest BCUT2D eigenvalue weighted by atomic mass is 32.2. The average molecular weight is 628 g/mol. The third-order valence-electron chi connectivity index (χ3n) is 7.39. The van der Waals surface area contributed by atoms with E-state index in [9.17, 15) is 22.1 Å². The molecule has 3 aromatic carbocycles. The molecule has 0 bridgehead atoms. The Morgan fingerprint density at radius 2 is 1.28 bits per heavy atom. The molecule has 0 N–H and O–H groups in total. The second kappa shape index (κ2) is 14.4. The predicted molar refractivity (Wildman–Crippen MR) is 161 cm³/mol. The first kappa shape index (κ1) is 32.5. The number of hydrogen-bond acceptors (Lipinski definition) is 9. The van der Waals surface area contributed by atoms with Gasteiger partial charge < -0.3 is 9.47 Å². The molecule has 0 radical (unpaired) electrons. The van der Waals surface area contributed by atoms with Gasteiger partial charge in [0.05, 0.1) is 48.7 Å². The van der Waals surface area contributed by atoms with Crippen LogP contribution in [0.4, 0.5) is 0 Å². The lowest BCUT2D eigenvalue weighted by molar-refractivity contribution is 0.196. The van der Waals surface area contributed by atoms with Gasteiger partial charge in [0.1, 0.15) is 0 Å². The molecule has 0 aliphatic heterocycles. The molecule has 43 heavy (non-hydrogen) atoms. The van der Waals surface area contributed by atoms with Crippen molar-refractivity contribution in [3.63, 3.8) is 0 Å². The highest BCUT2D eigenvalue weighted by molar-refractivity contribution is 7.87. The SMILES string of the molecule is COc1c(CCOS(=O)(=O)c2ccc(C)cc2)cc(CC#N)c(CCOS(=O)(=O)c2ccc(C)cc2)c1OC1CCCC1. The van der Waals surface area contributed by atoms with E-state index in [1.807, 2.05) is 13.8 Å². The molecule has 230 valence electrons. The number of hydrogen-bond donors (Lipinski definition) is 0. The van der Waals surface area contributed by atoms with Gasteiger partial charge in [-0.05, 0) is 69.4 Å². The number of nitriles is 1. The molecular weight excluding hydrogens is 590 g/mol. The van der Waals surface area contributed by atoms with Gasteiger partial charge in [0, 0.05) is 24.0 Å². The fourth-order valence-electron chi connectivity index (χ4n) is 5.08. The summed E-state index contributed by atoms with van der Waals surface area (Å²) >= 11 is 0. The minimum absolute atomic E-state index is 0.0284. The molecule has 0 aromatic heterocycles. The molecule has 11 heteroatoms. The molecule has 9 nitrogen and oxygen atoms in total. The summed E-state index contributed by atoms with van der Waals surface area (Å²) in [7, 11) is -6.47. The Bertz CT molecular complexity index is 1650. The Labute approximate surface area is 254 Å². The van der Waals surface area contributed by atoms with Crippen molar-refractivity contribution in [3.8, 4) is 17.6 Å². The first-order chi connectivity index (χ1) is 20.5. The standard InChI is InChI=1S/C32H37NO8S2/c1-23-8-12-28(13-9-23)42(34,35)39-20-17-26-22-25(16-19-33)30(32(31(26)38-3)41-27-6-4-5-7-27)18-21-40-43(36,37)29-14-10-24(2)11-15-29/h8-15,22,27H,4-7,16-18,20-21H2,1-3H3. The first-order valence-electron chi connectivity index (χ1n) is 14.2. The molecule has 1 fully saturated rings. The van der Waals surface area contributed by atoms with Crippen molar-refractivity contribution < 1.29 is 34.7 Å². The van der Waals surface area contributed by atoms with Gasteiger partial charge in [-0.15, -0.1) is 0 Å². The van der Waals surface area contributed by atoms with E-state index in [0.29, 0.717) is 28.2 Å². The maximum Gasteiger partial charge on any atom is 0.296 e. The maximum atomic E-state index is 12.8. The zero-order chi connectivity index (χ0) is 31.0. The van der Waals surface area contributed by atoms with Gasteiger partial charge in [0.15, 0.2) is 11.5 Å². The van der Waals surface area contributed by atoms with Crippen molar-refractivity contribution in [1.29, 1.82) is 5.26 Å². The number of nitrogens with zero attached hydrogens (tertiary/aromatic N) is 1. The number of methoxy groups -OCH3 is 1.